The Morgan fingerprint density at radius 3 is 2.42 bits per heavy atom. The van der Waals surface area contributed by atoms with Gasteiger partial charge in [0.2, 0.25) is 0 Å². The molecule has 0 aromatic heterocycles. The van der Waals surface area contributed by atoms with Crippen molar-refractivity contribution in [1.29, 1.82) is 0 Å². The summed E-state index contributed by atoms with van der Waals surface area (Å²) < 4.78 is 0. The monoisotopic (exact) mass is 283 g/mol. The Bertz CT molecular complexity index is 289. The smallest absolute Gasteiger partial charge is 0.0129 e. The van der Waals surface area contributed by atoms with E-state index in [1.54, 1.807) is 0 Å². The first kappa shape index (κ1) is 15.7. The molecule has 2 aliphatic carbocycles. The van der Waals surface area contributed by atoms with E-state index >= 15 is 0 Å². The van der Waals surface area contributed by atoms with Crippen molar-refractivity contribution in [2.45, 2.75) is 71.8 Å². The lowest BCUT2D eigenvalue weighted by molar-refractivity contribution is 0.121. The van der Waals surface area contributed by atoms with Gasteiger partial charge in [-0.15, -0.1) is 0 Å². The third kappa shape index (κ3) is 3.00. The molecule has 2 bridgehead atoms. The van der Waals surface area contributed by atoms with Crippen LogP contribution in [0.1, 0.15) is 65.7 Å². The molecule has 0 saturated heterocycles. The molecule has 0 radical (unpaired) electrons. The third-order valence-corrected chi connectivity index (χ3v) is 7.16. The van der Waals surface area contributed by atoms with Gasteiger partial charge in [0, 0.05) is 6.04 Å². The second-order valence-electron chi connectivity index (χ2n) is 7.52. The molecule has 0 spiro atoms. The van der Waals surface area contributed by atoms with E-state index in [0.29, 0.717) is 10.8 Å². The minimum absolute atomic E-state index is 0.552. The van der Waals surface area contributed by atoms with Crippen LogP contribution in [-0.4, -0.2) is 24.6 Å². The summed E-state index contributed by atoms with van der Waals surface area (Å²) in [6.07, 6.45) is 12.1. The Kier molecular flexibility index (Phi) is 5.28. The number of fused-ring (bicyclic) bond motifs is 2. The molecule has 2 aliphatic rings. The average molecular weight is 284 g/mol. The highest BCUT2D eigenvalue weighted by Gasteiger charge is 2.60. The Morgan fingerprint density at radius 1 is 1.11 bits per heavy atom. The highest BCUT2D eigenvalue weighted by Crippen LogP contribution is 2.65. The van der Waals surface area contributed by atoms with Crippen molar-refractivity contribution in [2.24, 2.45) is 16.7 Å². The van der Waals surface area contributed by atoms with Gasteiger partial charge in [0.15, 0.2) is 0 Å². The first-order valence-corrected chi connectivity index (χ1v) is 9.64. The second kappa shape index (κ2) is 6.39. The number of rotatable bonds is 8. The Balaban J connectivity index is 1.65. The number of hydrogen-bond donors (Lipinski definition) is 1. The maximum absolute atomic E-state index is 3.89. The normalized spacial score (nSPS) is 36.0. The minimum atomic E-state index is 0.552. The van der Waals surface area contributed by atoms with E-state index in [4.69, 9.17) is 0 Å². The van der Waals surface area contributed by atoms with Crippen LogP contribution in [0.15, 0.2) is 0 Å². The maximum Gasteiger partial charge on any atom is 0.0129 e. The summed E-state index contributed by atoms with van der Waals surface area (Å²) >= 11 is 1.98. The predicted octanol–water partition coefficient (Wildman–Crippen LogP) is 4.71. The highest BCUT2D eigenvalue weighted by atomic mass is 32.2. The third-order valence-electron chi connectivity index (χ3n) is 6.46. The molecular formula is C17H33NS. The molecule has 0 heterocycles. The molecule has 2 rings (SSSR count). The standard InChI is InChI=1S/C17H33NS/c1-16(2)14-9-10-17(16,3)15(13-14)18-11-7-5-6-8-12-19-4/h14-15,18H,5-13H2,1-4H3. The molecule has 2 heteroatoms. The van der Waals surface area contributed by atoms with Gasteiger partial charge in [-0.2, -0.15) is 11.8 Å². The molecule has 2 saturated carbocycles. The molecule has 0 amide bonds. The summed E-state index contributed by atoms with van der Waals surface area (Å²) in [5.74, 6) is 2.31. The topological polar surface area (TPSA) is 12.0 Å². The molecule has 3 unspecified atom stereocenters. The zero-order valence-electron chi connectivity index (χ0n) is 13.4. The SMILES string of the molecule is CSCCCCCCNC1CC2CCC1(C)C2(C)C. The Morgan fingerprint density at radius 2 is 1.84 bits per heavy atom. The van der Waals surface area contributed by atoms with Crippen LogP contribution in [0.4, 0.5) is 0 Å². The van der Waals surface area contributed by atoms with Crippen molar-refractivity contribution in [1.82, 2.24) is 5.32 Å². The van der Waals surface area contributed by atoms with Crippen molar-refractivity contribution < 1.29 is 0 Å². The fraction of sp³-hybridized carbons (Fsp3) is 1.00. The Hall–Kier alpha value is 0.310. The molecule has 19 heavy (non-hydrogen) atoms. The van der Waals surface area contributed by atoms with Gasteiger partial charge in [0.25, 0.3) is 0 Å². The molecule has 0 aromatic carbocycles. The van der Waals surface area contributed by atoms with Crippen LogP contribution < -0.4 is 5.32 Å². The molecule has 1 nitrogen and oxygen atoms in total. The van der Waals surface area contributed by atoms with Crippen LogP contribution in [0.5, 0.6) is 0 Å². The number of nitrogens with one attached hydrogen (secondary N) is 1. The average Bonchev–Trinajstić information content (AvgIpc) is 2.70. The van der Waals surface area contributed by atoms with Crippen LogP contribution in [0.25, 0.3) is 0 Å². The zero-order chi connectivity index (χ0) is 13.9. The number of hydrogen-bond acceptors (Lipinski definition) is 2. The summed E-state index contributed by atoms with van der Waals surface area (Å²) in [4.78, 5) is 0. The molecule has 2 fully saturated rings. The largest absolute Gasteiger partial charge is 0.313 e. The lowest BCUT2D eigenvalue weighted by atomic mass is 9.69. The van der Waals surface area contributed by atoms with E-state index in [0.717, 1.165) is 12.0 Å². The van der Waals surface area contributed by atoms with Crippen LogP contribution in [0, 0.1) is 16.7 Å². The van der Waals surface area contributed by atoms with Gasteiger partial charge in [0.05, 0.1) is 0 Å². The van der Waals surface area contributed by atoms with E-state index < -0.39 is 0 Å². The minimum Gasteiger partial charge on any atom is -0.313 e. The fourth-order valence-corrected chi connectivity index (χ4v) is 5.01. The summed E-state index contributed by atoms with van der Waals surface area (Å²) in [5, 5.41) is 3.89. The highest BCUT2D eigenvalue weighted by molar-refractivity contribution is 7.98. The van der Waals surface area contributed by atoms with Crippen LogP contribution in [-0.2, 0) is 0 Å². The second-order valence-corrected chi connectivity index (χ2v) is 8.51. The summed E-state index contributed by atoms with van der Waals surface area (Å²) in [5.41, 5.74) is 1.11. The van der Waals surface area contributed by atoms with E-state index in [9.17, 15) is 0 Å². The molecule has 3 atom stereocenters. The lowest BCUT2D eigenvalue weighted by Gasteiger charge is -2.39. The molecule has 0 aromatic rings. The van der Waals surface area contributed by atoms with E-state index in [1.807, 2.05) is 11.8 Å². The van der Waals surface area contributed by atoms with Crippen LogP contribution >= 0.6 is 11.8 Å². The van der Waals surface area contributed by atoms with Gasteiger partial charge in [-0.25, -0.2) is 0 Å². The molecule has 0 aliphatic heterocycles. The van der Waals surface area contributed by atoms with Gasteiger partial charge in [-0.3, -0.25) is 0 Å². The van der Waals surface area contributed by atoms with Gasteiger partial charge >= 0.3 is 0 Å². The first-order chi connectivity index (χ1) is 9.02. The summed E-state index contributed by atoms with van der Waals surface area (Å²) in [6, 6.07) is 0.785. The van der Waals surface area contributed by atoms with E-state index in [2.05, 4.69) is 32.3 Å². The zero-order valence-corrected chi connectivity index (χ0v) is 14.2. The van der Waals surface area contributed by atoms with Gasteiger partial charge in [0.1, 0.15) is 0 Å². The van der Waals surface area contributed by atoms with Crippen molar-refractivity contribution in [3.63, 3.8) is 0 Å². The lowest BCUT2D eigenvalue weighted by Crippen LogP contribution is -2.44. The maximum atomic E-state index is 3.89. The van der Waals surface area contributed by atoms with E-state index in [-0.39, 0.29) is 0 Å². The van der Waals surface area contributed by atoms with Gasteiger partial charge < -0.3 is 5.32 Å². The van der Waals surface area contributed by atoms with Crippen LogP contribution in [0.3, 0.4) is 0 Å². The predicted molar refractivity (Wildman–Crippen MR) is 87.9 cm³/mol. The first-order valence-electron chi connectivity index (χ1n) is 8.24. The van der Waals surface area contributed by atoms with Crippen molar-refractivity contribution in [2.75, 3.05) is 18.6 Å². The van der Waals surface area contributed by atoms with Crippen molar-refractivity contribution in [3.8, 4) is 0 Å². The van der Waals surface area contributed by atoms with Gasteiger partial charge in [-0.1, -0.05) is 33.6 Å². The summed E-state index contributed by atoms with van der Waals surface area (Å²) in [7, 11) is 0. The quantitative estimate of drug-likeness (QED) is 0.647. The van der Waals surface area contributed by atoms with Gasteiger partial charge in [-0.05, 0) is 67.4 Å². The molecule has 112 valence electrons. The van der Waals surface area contributed by atoms with Crippen LogP contribution in [0.2, 0.25) is 0 Å². The number of thioether (sulfide) groups is 1. The Labute approximate surface area is 124 Å². The van der Waals surface area contributed by atoms with E-state index in [1.165, 1.54) is 57.2 Å². The fourth-order valence-electron chi connectivity index (χ4n) is 4.51. The van der Waals surface area contributed by atoms with Crippen molar-refractivity contribution >= 4 is 11.8 Å². The number of unbranched alkanes of at least 4 members (excludes halogenated alkanes) is 3. The van der Waals surface area contributed by atoms with Crippen molar-refractivity contribution in [3.05, 3.63) is 0 Å². The molecule has 1 N–H and O–H groups in total. The molecular weight excluding hydrogens is 250 g/mol. The summed E-state index contributed by atoms with van der Waals surface area (Å²) in [6.45, 7) is 8.79.